The van der Waals surface area contributed by atoms with Gasteiger partial charge in [0.15, 0.2) is 0 Å². The van der Waals surface area contributed by atoms with Crippen LogP contribution in [0.1, 0.15) is 27.7 Å². The Morgan fingerprint density at radius 1 is 1.22 bits per heavy atom. The molecule has 0 rings (SSSR count). The molecule has 1 N–H and O–H groups in total. The smallest absolute Gasteiger partial charge is 0.0493 e. The van der Waals surface area contributed by atoms with E-state index in [1.165, 1.54) is 5.57 Å². The molecule has 0 saturated carbocycles. The zero-order chi connectivity index (χ0) is 14.1. The first-order valence-corrected chi connectivity index (χ1v) is 6.02. The third-order valence-corrected chi connectivity index (χ3v) is 2.77. The Balaban J connectivity index is 4.42. The van der Waals surface area contributed by atoms with E-state index in [-0.39, 0.29) is 6.04 Å². The molecule has 0 unspecified atom stereocenters. The molecule has 1 atom stereocenters. The van der Waals surface area contributed by atoms with E-state index >= 15 is 0 Å². The summed E-state index contributed by atoms with van der Waals surface area (Å²) in [5, 5.41) is 3.19. The lowest BCUT2D eigenvalue weighted by Gasteiger charge is -2.14. The van der Waals surface area contributed by atoms with Crippen LogP contribution in [-0.2, 0) is 0 Å². The van der Waals surface area contributed by atoms with Crippen LogP contribution < -0.4 is 5.32 Å². The largest absolute Gasteiger partial charge is 0.378 e. The zero-order valence-corrected chi connectivity index (χ0v) is 12.0. The van der Waals surface area contributed by atoms with Gasteiger partial charge in [-0.15, -0.1) is 0 Å². The van der Waals surface area contributed by atoms with Crippen molar-refractivity contribution >= 4 is 6.21 Å². The van der Waals surface area contributed by atoms with E-state index in [0.29, 0.717) is 0 Å². The summed E-state index contributed by atoms with van der Waals surface area (Å²) in [4.78, 5) is 4.23. The molecule has 0 saturated heterocycles. The van der Waals surface area contributed by atoms with Crippen molar-refractivity contribution in [2.75, 3.05) is 0 Å². The van der Waals surface area contributed by atoms with Gasteiger partial charge < -0.3 is 5.32 Å². The van der Waals surface area contributed by atoms with Crippen molar-refractivity contribution in [2.24, 2.45) is 4.99 Å². The number of hydrogen-bond acceptors (Lipinski definition) is 2. The van der Waals surface area contributed by atoms with E-state index in [1.54, 1.807) is 12.3 Å². The summed E-state index contributed by atoms with van der Waals surface area (Å²) in [6.07, 6.45) is 7.33. The lowest BCUT2D eigenvalue weighted by molar-refractivity contribution is 0.732. The van der Waals surface area contributed by atoms with Gasteiger partial charge in [0, 0.05) is 24.2 Å². The van der Waals surface area contributed by atoms with Crippen molar-refractivity contribution in [3.63, 3.8) is 0 Å². The molecule has 0 amide bonds. The molecular formula is C16H24N2. The number of hydrogen-bond donors (Lipinski definition) is 1. The van der Waals surface area contributed by atoms with Gasteiger partial charge in [-0.3, -0.25) is 4.99 Å². The van der Waals surface area contributed by atoms with Gasteiger partial charge in [-0.1, -0.05) is 37.5 Å². The first kappa shape index (κ1) is 16.2. The molecule has 0 radical (unpaired) electrons. The van der Waals surface area contributed by atoms with Crippen molar-refractivity contribution in [3.8, 4) is 0 Å². The SMILES string of the molecule is C=CC(=C)[C@H](C)NC(=C)C=N/C=C(C)/C(C)=C/C. The number of nitrogens with zero attached hydrogens (tertiary/aromatic N) is 1. The standard InChI is InChI=1S/C16H24N2/c1-8-12(3)14(5)10-17-11-15(6)18-16(7)13(4)9-2/h8-11,16,18H,2,4,6H2,1,3,5,7H3/b12-8+,14-10+,17-11?/t16-/m0/s1. The van der Waals surface area contributed by atoms with Gasteiger partial charge in [0.1, 0.15) is 0 Å². The third kappa shape index (κ3) is 6.04. The molecule has 0 bridgehead atoms. The van der Waals surface area contributed by atoms with Crippen molar-refractivity contribution in [1.29, 1.82) is 0 Å². The Hall–Kier alpha value is -1.83. The van der Waals surface area contributed by atoms with Crippen molar-refractivity contribution < 1.29 is 0 Å². The summed E-state index contributed by atoms with van der Waals surface area (Å²) >= 11 is 0. The Bertz CT molecular complexity index is 409. The van der Waals surface area contributed by atoms with Gasteiger partial charge in [-0.05, 0) is 38.8 Å². The highest BCUT2D eigenvalue weighted by Gasteiger charge is 2.01. The van der Waals surface area contributed by atoms with Crippen molar-refractivity contribution in [2.45, 2.75) is 33.7 Å². The molecule has 0 aromatic rings. The quantitative estimate of drug-likeness (QED) is 0.528. The second-order valence-corrected chi connectivity index (χ2v) is 4.23. The third-order valence-electron chi connectivity index (χ3n) is 2.77. The maximum Gasteiger partial charge on any atom is 0.0493 e. The first-order chi connectivity index (χ1) is 8.42. The van der Waals surface area contributed by atoms with Gasteiger partial charge in [0.25, 0.3) is 0 Å². The summed E-state index contributed by atoms with van der Waals surface area (Å²) in [6.45, 7) is 19.6. The van der Waals surface area contributed by atoms with Crippen molar-refractivity contribution in [3.05, 3.63) is 60.5 Å². The summed E-state index contributed by atoms with van der Waals surface area (Å²) < 4.78 is 0. The fourth-order valence-electron chi connectivity index (χ4n) is 1.15. The van der Waals surface area contributed by atoms with Crippen LogP contribution in [0.2, 0.25) is 0 Å². The van der Waals surface area contributed by atoms with Crippen LogP contribution in [0.25, 0.3) is 0 Å². The summed E-state index contributed by atoms with van der Waals surface area (Å²) in [7, 11) is 0. The molecule has 18 heavy (non-hydrogen) atoms. The second kappa shape index (κ2) is 8.29. The van der Waals surface area contributed by atoms with E-state index < -0.39 is 0 Å². The molecule has 0 aromatic carbocycles. The van der Waals surface area contributed by atoms with Gasteiger partial charge in [-0.2, -0.15) is 0 Å². The number of nitrogens with one attached hydrogen (secondary N) is 1. The topological polar surface area (TPSA) is 24.4 Å². The monoisotopic (exact) mass is 244 g/mol. The van der Waals surface area contributed by atoms with Crippen LogP contribution in [0.15, 0.2) is 65.5 Å². The highest BCUT2D eigenvalue weighted by Crippen LogP contribution is 2.07. The molecule has 0 aromatic heterocycles. The van der Waals surface area contributed by atoms with E-state index in [2.05, 4.69) is 43.0 Å². The molecule has 0 aliphatic carbocycles. The molecule has 2 heteroatoms. The minimum absolute atomic E-state index is 0.115. The molecule has 98 valence electrons. The van der Waals surface area contributed by atoms with Crippen LogP contribution in [0, 0.1) is 0 Å². The minimum atomic E-state index is 0.115. The maximum absolute atomic E-state index is 4.23. The molecule has 2 nitrogen and oxygen atoms in total. The molecule has 0 aliphatic heterocycles. The normalized spacial score (nSPS) is 14.4. The fraction of sp³-hybridized carbons (Fsp3) is 0.312. The lowest BCUT2D eigenvalue weighted by Crippen LogP contribution is -2.26. The van der Waals surface area contributed by atoms with Gasteiger partial charge in [0.05, 0.1) is 0 Å². The maximum atomic E-state index is 4.23. The Morgan fingerprint density at radius 2 is 1.83 bits per heavy atom. The average Bonchev–Trinajstić information content (AvgIpc) is 2.36. The van der Waals surface area contributed by atoms with Gasteiger partial charge in [-0.25, -0.2) is 0 Å². The van der Waals surface area contributed by atoms with E-state index in [4.69, 9.17) is 0 Å². The molecule has 0 spiro atoms. The first-order valence-electron chi connectivity index (χ1n) is 6.02. The van der Waals surface area contributed by atoms with E-state index in [0.717, 1.165) is 16.8 Å². The highest BCUT2D eigenvalue weighted by atomic mass is 14.9. The van der Waals surface area contributed by atoms with Crippen LogP contribution in [0.3, 0.4) is 0 Å². The van der Waals surface area contributed by atoms with Crippen LogP contribution in [0.5, 0.6) is 0 Å². The summed E-state index contributed by atoms with van der Waals surface area (Å²) in [6, 6.07) is 0.115. The molecule has 0 fully saturated rings. The van der Waals surface area contributed by atoms with Crippen molar-refractivity contribution in [1.82, 2.24) is 5.32 Å². The van der Waals surface area contributed by atoms with Gasteiger partial charge in [0.2, 0.25) is 0 Å². The van der Waals surface area contributed by atoms with E-state index in [1.807, 2.05) is 27.0 Å². The number of allylic oxidation sites excluding steroid dienone is 4. The highest BCUT2D eigenvalue weighted by molar-refractivity contribution is 5.77. The van der Waals surface area contributed by atoms with Crippen LogP contribution >= 0.6 is 0 Å². The Morgan fingerprint density at radius 3 is 2.33 bits per heavy atom. The van der Waals surface area contributed by atoms with Crippen LogP contribution in [-0.4, -0.2) is 12.3 Å². The fourth-order valence-corrected chi connectivity index (χ4v) is 1.15. The van der Waals surface area contributed by atoms with Gasteiger partial charge >= 0.3 is 0 Å². The Labute approximate surface area is 111 Å². The Kier molecular flexibility index (Phi) is 7.45. The molecular weight excluding hydrogens is 220 g/mol. The van der Waals surface area contributed by atoms with E-state index in [9.17, 15) is 0 Å². The summed E-state index contributed by atoms with van der Waals surface area (Å²) in [5.74, 6) is 0. The minimum Gasteiger partial charge on any atom is -0.378 e. The lowest BCUT2D eigenvalue weighted by atomic mass is 10.1. The number of aliphatic imine (C=N–C) groups is 1. The summed E-state index contributed by atoms with van der Waals surface area (Å²) in [5.41, 5.74) is 4.05. The number of rotatable bonds is 7. The second-order valence-electron chi connectivity index (χ2n) is 4.23. The van der Waals surface area contributed by atoms with Crippen LogP contribution in [0.4, 0.5) is 0 Å². The molecule has 0 heterocycles. The molecule has 0 aliphatic rings. The predicted octanol–water partition coefficient (Wildman–Crippen LogP) is 4.16. The average molecular weight is 244 g/mol. The zero-order valence-electron chi connectivity index (χ0n) is 12.0. The predicted molar refractivity (Wildman–Crippen MR) is 82.8 cm³/mol.